The molecular formula is C62H75N9O8. The van der Waals surface area contributed by atoms with Crippen molar-refractivity contribution in [2.45, 2.75) is 102 Å². The number of nitriles is 2. The fourth-order valence-corrected chi connectivity index (χ4v) is 10.7. The Balaban J connectivity index is 0.839. The Hall–Kier alpha value is -7.67. The van der Waals surface area contributed by atoms with Gasteiger partial charge < -0.3 is 50.3 Å². The number of likely N-dealkylation sites (tertiary alicyclic amines) is 1. The summed E-state index contributed by atoms with van der Waals surface area (Å²) in [5.74, 6) is -2.15. The van der Waals surface area contributed by atoms with Gasteiger partial charge in [0.05, 0.1) is 62.9 Å². The second-order valence-electron chi connectivity index (χ2n) is 20.3. The molecular weight excluding hydrogens is 999 g/mol. The van der Waals surface area contributed by atoms with Crippen LogP contribution in [0, 0.1) is 42.4 Å². The van der Waals surface area contributed by atoms with Gasteiger partial charge in [-0.15, -0.1) is 0 Å². The summed E-state index contributed by atoms with van der Waals surface area (Å²) < 4.78 is 19.3. The average molecular weight is 1070 g/mol. The van der Waals surface area contributed by atoms with Gasteiger partial charge in [-0.3, -0.25) is 24.0 Å². The first-order chi connectivity index (χ1) is 38.4. The van der Waals surface area contributed by atoms with E-state index in [2.05, 4.69) is 43.3 Å². The number of hydrogen-bond donors (Lipinski definition) is 5. The molecule has 1 saturated heterocycles. The van der Waals surface area contributed by atoms with Gasteiger partial charge in [-0.25, -0.2) is 0 Å². The number of benzene rings is 4. The number of ether oxygens (including phenoxy) is 3. The summed E-state index contributed by atoms with van der Waals surface area (Å²) in [7, 11) is 1.70. The molecule has 4 aromatic carbocycles. The predicted octanol–water partition coefficient (Wildman–Crippen LogP) is 6.44. The Morgan fingerprint density at radius 1 is 0.658 bits per heavy atom. The molecule has 2 fully saturated rings. The van der Waals surface area contributed by atoms with E-state index in [1.807, 2.05) is 98.8 Å². The zero-order valence-electron chi connectivity index (χ0n) is 45.9. The third kappa shape index (κ3) is 15.8. The molecule has 5 N–H and O–H groups in total. The number of nitrogens with zero attached hydrogens (tertiary/aromatic N) is 4. The molecule has 5 aromatic rings. The summed E-state index contributed by atoms with van der Waals surface area (Å²) in [6, 6.07) is 35.1. The van der Waals surface area contributed by atoms with Crippen LogP contribution in [-0.2, 0) is 39.9 Å². The summed E-state index contributed by atoms with van der Waals surface area (Å²) in [6.07, 6.45) is 5.72. The lowest BCUT2D eigenvalue weighted by molar-refractivity contribution is -0.143. The highest BCUT2D eigenvalue weighted by atomic mass is 16.5. The summed E-state index contributed by atoms with van der Waals surface area (Å²) in [6.45, 7) is 8.72. The molecule has 7 rings (SSSR count). The Bertz CT molecular complexity index is 2850. The normalized spacial score (nSPS) is 15.6. The number of likely N-dealkylation sites (N-methyl/N-ethyl adjacent to an activating group) is 1. The fourth-order valence-electron chi connectivity index (χ4n) is 10.7. The first kappa shape index (κ1) is 59.0. The molecule has 416 valence electrons. The van der Waals surface area contributed by atoms with Crippen molar-refractivity contribution in [2.75, 3.05) is 66.3 Å². The average Bonchev–Trinajstić information content (AvgIpc) is 4.31. The molecule has 0 radical (unpaired) electrons. The quantitative estimate of drug-likeness (QED) is 0.0360. The third-order valence-electron chi connectivity index (χ3n) is 15.2. The molecule has 5 amide bonds. The van der Waals surface area contributed by atoms with E-state index < -0.39 is 41.9 Å². The Kier molecular flexibility index (Phi) is 22.3. The van der Waals surface area contributed by atoms with Gasteiger partial charge in [-0.2, -0.15) is 10.5 Å². The molecule has 0 spiro atoms. The number of rotatable bonds is 27. The van der Waals surface area contributed by atoms with Crippen LogP contribution >= 0.6 is 0 Å². The zero-order valence-corrected chi connectivity index (χ0v) is 45.9. The van der Waals surface area contributed by atoms with Gasteiger partial charge in [-0.05, 0) is 106 Å². The summed E-state index contributed by atoms with van der Waals surface area (Å²) in [5, 5.41) is 34.2. The van der Waals surface area contributed by atoms with Crippen molar-refractivity contribution in [3.8, 4) is 23.3 Å². The smallest absolute Gasteiger partial charge is 0.251 e. The summed E-state index contributed by atoms with van der Waals surface area (Å²) in [5.41, 5.74) is 7.82. The van der Waals surface area contributed by atoms with Gasteiger partial charge in [0.15, 0.2) is 0 Å². The van der Waals surface area contributed by atoms with E-state index in [9.17, 15) is 34.5 Å². The van der Waals surface area contributed by atoms with Gasteiger partial charge in [0.2, 0.25) is 23.6 Å². The highest BCUT2D eigenvalue weighted by Gasteiger charge is 2.43. The molecule has 0 bridgehead atoms. The minimum atomic E-state index is -1.04. The van der Waals surface area contributed by atoms with Crippen LogP contribution in [0.3, 0.4) is 0 Å². The second kappa shape index (κ2) is 29.9. The topological polar surface area (TPSA) is 229 Å². The molecule has 0 unspecified atom stereocenters. The van der Waals surface area contributed by atoms with Crippen LogP contribution in [0.2, 0.25) is 0 Å². The van der Waals surface area contributed by atoms with Crippen LogP contribution in [0.1, 0.15) is 107 Å². The van der Waals surface area contributed by atoms with Crippen molar-refractivity contribution < 1.29 is 38.2 Å². The zero-order chi connectivity index (χ0) is 56.1. The van der Waals surface area contributed by atoms with Gasteiger partial charge in [0.1, 0.15) is 24.2 Å². The maximum atomic E-state index is 14.5. The van der Waals surface area contributed by atoms with Gasteiger partial charge in [0.25, 0.3) is 5.91 Å². The molecule has 1 aliphatic carbocycles. The van der Waals surface area contributed by atoms with E-state index >= 15 is 0 Å². The Morgan fingerprint density at radius 3 is 1.84 bits per heavy atom. The molecule has 17 nitrogen and oxygen atoms in total. The standard InChI is InChI=1S/C62H75N9O8/c1-42(65-4)58(72)68-56(50-19-12-7-13-20-50)62(76)70-32-14-21-53(70)60(74)69-57(55(47-15-8-5-9-16-47)48-17-10-6-11-18-48)61(75)67-31-34-78-36-38-79-37-35-77-33-30-66-59(73)51-28-24-46(25-29-51)41-71-43(2)52(40-64)54(44(71)3)49-26-22-45(39-63)23-27-49/h5-6,8-11,15-18,22-29,42,50,53,55-57,65H,7,12-14,19-21,30-38,41H2,1-4H3,(H,66,73)(H,67,75)(H,68,72)(H,69,74)/t42-,53-,56-,57-/m0/s1. The largest absolute Gasteiger partial charge is 0.377 e. The Labute approximate surface area is 464 Å². The van der Waals surface area contributed by atoms with Crippen LogP contribution in [0.25, 0.3) is 11.1 Å². The summed E-state index contributed by atoms with van der Waals surface area (Å²) >= 11 is 0. The molecule has 79 heavy (non-hydrogen) atoms. The minimum Gasteiger partial charge on any atom is -0.377 e. The van der Waals surface area contributed by atoms with Crippen LogP contribution in [0.15, 0.2) is 109 Å². The van der Waals surface area contributed by atoms with Crippen molar-refractivity contribution in [3.05, 3.63) is 154 Å². The molecule has 2 aliphatic rings. The molecule has 1 saturated carbocycles. The van der Waals surface area contributed by atoms with Gasteiger partial charge in [-0.1, -0.05) is 104 Å². The Morgan fingerprint density at radius 2 is 1.25 bits per heavy atom. The van der Waals surface area contributed by atoms with Gasteiger partial charge >= 0.3 is 0 Å². The van der Waals surface area contributed by atoms with E-state index in [-0.39, 0.29) is 43.4 Å². The van der Waals surface area contributed by atoms with E-state index in [4.69, 9.17) is 14.2 Å². The number of carbonyl (C=O) groups excluding carboxylic acids is 5. The van der Waals surface area contributed by atoms with E-state index in [0.717, 1.165) is 71.3 Å². The van der Waals surface area contributed by atoms with Crippen molar-refractivity contribution in [1.82, 2.24) is 36.1 Å². The molecule has 17 heteroatoms. The maximum Gasteiger partial charge on any atom is 0.251 e. The molecule has 2 heterocycles. The van der Waals surface area contributed by atoms with Crippen molar-refractivity contribution in [3.63, 3.8) is 0 Å². The predicted molar refractivity (Wildman–Crippen MR) is 301 cm³/mol. The molecule has 4 atom stereocenters. The van der Waals surface area contributed by atoms with Crippen molar-refractivity contribution in [1.29, 1.82) is 10.5 Å². The van der Waals surface area contributed by atoms with E-state index in [0.29, 0.717) is 75.6 Å². The third-order valence-corrected chi connectivity index (χ3v) is 15.2. The van der Waals surface area contributed by atoms with Crippen molar-refractivity contribution in [2.24, 2.45) is 5.92 Å². The van der Waals surface area contributed by atoms with E-state index in [1.54, 1.807) is 43.1 Å². The fraction of sp³-hybridized carbons (Fsp3) is 0.435. The number of carbonyl (C=O) groups is 5. The lowest BCUT2D eigenvalue weighted by atomic mass is 9.83. The second-order valence-corrected chi connectivity index (χ2v) is 20.3. The lowest BCUT2D eigenvalue weighted by Gasteiger charge is -2.36. The van der Waals surface area contributed by atoms with Crippen LogP contribution in [-0.4, -0.2) is 129 Å². The lowest BCUT2D eigenvalue weighted by Crippen LogP contribution is -2.59. The minimum absolute atomic E-state index is 0.0320. The number of amides is 5. The first-order valence-corrected chi connectivity index (χ1v) is 27.6. The highest BCUT2D eigenvalue weighted by Crippen LogP contribution is 2.34. The number of hydrogen-bond acceptors (Lipinski definition) is 11. The van der Waals surface area contributed by atoms with Gasteiger partial charge in [0, 0.05) is 54.6 Å². The number of aromatic nitrogens is 1. The van der Waals surface area contributed by atoms with Crippen molar-refractivity contribution >= 4 is 29.5 Å². The maximum absolute atomic E-state index is 14.5. The molecule has 1 aromatic heterocycles. The first-order valence-electron chi connectivity index (χ1n) is 27.6. The van der Waals surface area contributed by atoms with Crippen LogP contribution < -0.4 is 26.6 Å². The highest BCUT2D eigenvalue weighted by molar-refractivity contribution is 5.96. The monoisotopic (exact) mass is 1070 g/mol. The summed E-state index contributed by atoms with van der Waals surface area (Å²) in [4.78, 5) is 71.1. The van der Waals surface area contributed by atoms with Crippen LogP contribution in [0.5, 0.6) is 0 Å². The van der Waals surface area contributed by atoms with E-state index in [1.165, 1.54) is 0 Å². The number of nitrogens with one attached hydrogen (secondary N) is 5. The van der Waals surface area contributed by atoms with Crippen LogP contribution in [0.4, 0.5) is 0 Å². The SMILES string of the molecule is CN[C@@H](C)C(=O)N[C@H](C(=O)N1CCC[C@H]1C(=O)N[C@H](C(=O)NCCOCCOCCOCCNC(=O)c1ccc(Cn2c(C)c(C#N)c(-c3ccc(C#N)cc3)c2C)cc1)C(c1ccccc1)c1ccccc1)C1CCCCC1. The molecule has 1 aliphatic heterocycles.